The molecular formula is C8H10N2O. The van der Waals surface area contributed by atoms with Gasteiger partial charge in [-0.25, -0.2) is 4.98 Å². The molecule has 3 heteroatoms. The third-order valence-electron chi connectivity index (χ3n) is 2.15. The van der Waals surface area contributed by atoms with Gasteiger partial charge in [-0.05, 0) is 12.3 Å². The molecule has 1 aromatic rings. The largest absolute Gasteiger partial charge is 0.310 e. The second-order valence-corrected chi connectivity index (χ2v) is 3.14. The van der Waals surface area contributed by atoms with Gasteiger partial charge in [0, 0.05) is 18.2 Å². The van der Waals surface area contributed by atoms with Gasteiger partial charge in [0.15, 0.2) is 0 Å². The number of hydrogen-bond donors (Lipinski definition) is 1. The zero-order chi connectivity index (χ0) is 7.84. The van der Waals surface area contributed by atoms with E-state index in [1.165, 1.54) is 6.07 Å². The highest BCUT2D eigenvalue weighted by Crippen LogP contribution is 2.44. The van der Waals surface area contributed by atoms with Crippen molar-refractivity contribution < 1.29 is 0 Å². The van der Waals surface area contributed by atoms with Gasteiger partial charge < -0.3 is 4.98 Å². The minimum Gasteiger partial charge on any atom is -0.310 e. The molecule has 0 aliphatic heterocycles. The topological polar surface area (TPSA) is 45.8 Å². The molecule has 11 heavy (non-hydrogen) atoms. The van der Waals surface area contributed by atoms with Crippen LogP contribution in [0.2, 0.25) is 0 Å². The molecule has 0 unspecified atom stereocenters. The SMILES string of the molecule is C[C@H]1C[C@H]1c1nccc(=O)[nH]1. The molecule has 0 amide bonds. The van der Waals surface area contributed by atoms with Crippen LogP contribution in [-0.4, -0.2) is 9.97 Å². The molecule has 58 valence electrons. The van der Waals surface area contributed by atoms with Gasteiger partial charge in [-0.2, -0.15) is 0 Å². The number of aromatic amines is 1. The molecule has 2 rings (SSSR count). The summed E-state index contributed by atoms with van der Waals surface area (Å²) >= 11 is 0. The maximum Gasteiger partial charge on any atom is 0.250 e. The number of aromatic nitrogens is 2. The lowest BCUT2D eigenvalue weighted by atomic mass is 10.3. The van der Waals surface area contributed by atoms with Crippen LogP contribution < -0.4 is 5.56 Å². The van der Waals surface area contributed by atoms with E-state index in [0.29, 0.717) is 11.8 Å². The molecule has 1 aliphatic carbocycles. The summed E-state index contributed by atoms with van der Waals surface area (Å²) in [4.78, 5) is 17.7. The van der Waals surface area contributed by atoms with Crippen LogP contribution in [0, 0.1) is 5.92 Å². The fourth-order valence-corrected chi connectivity index (χ4v) is 1.28. The second-order valence-electron chi connectivity index (χ2n) is 3.14. The average molecular weight is 150 g/mol. The molecule has 0 aromatic carbocycles. The van der Waals surface area contributed by atoms with E-state index in [2.05, 4.69) is 16.9 Å². The van der Waals surface area contributed by atoms with Crippen LogP contribution in [0.1, 0.15) is 25.1 Å². The summed E-state index contributed by atoms with van der Waals surface area (Å²) in [5, 5.41) is 0. The van der Waals surface area contributed by atoms with E-state index in [-0.39, 0.29) is 5.56 Å². The number of rotatable bonds is 1. The quantitative estimate of drug-likeness (QED) is 0.646. The normalized spacial score (nSPS) is 28.5. The summed E-state index contributed by atoms with van der Waals surface area (Å²) in [6.07, 6.45) is 2.73. The maximum atomic E-state index is 10.8. The van der Waals surface area contributed by atoms with E-state index in [4.69, 9.17) is 0 Å². The van der Waals surface area contributed by atoms with Crippen molar-refractivity contribution in [2.45, 2.75) is 19.3 Å². The third kappa shape index (κ3) is 1.18. The molecule has 0 spiro atoms. The van der Waals surface area contributed by atoms with Crippen LogP contribution in [0.4, 0.5) is 0 Å². The Kier molecular flexibility index (Phi) is 1.31. The highest BCUT2D eigenvalue weighted by molar-refractivity contribution is 5.08. The van der Waals surface area contributed by atoms with E-state index in [1.807, 2.05) is 0 Å². The Bertz CT molecular complexity index is 318. The second kappa shape index (κ2) is 2.19. The zero-order valence-electron chi connectivity index (χ0n) is 6.37. The standard InChI is InChI=1S/C8H10N2O/c1-5-4-6(5)8-9-3-2-7(11)10-8/h2-3,5-6H,4H2,1H3,(H,9,10,11)/t5-,6+/m0/s1. The van der Waals surface area contributed by atoms with E-state index in [9.17, 15) is 4.79 Å². The number of nitrogens with zero attached hydrogens (tertiary/aromatic N) is 1. The predicted octanol–water partition coefficient (Wildman–Crippen LogP) is 0.893. The Morgan fingerprint density at radius 2 is 2.45 bits per heavy atom. The number of H-pyrrole nitrogens is 1. The monoisotopic (exact) mass is 150 g/mol. The molecule has 1 heterocycles. The summed E-state index contributed by atoms with van der Waals surface area (Å²) in [5.74, 6) is 2.05. The van der Waals surface area contributed by atoms with E-state index in [1.54, 1.807) is 6.20 Å². The third-order valence-corrected chi connectivity index (χ3v) is 2.15. The van der Waals surface area contributed by atoms with E-state index < -0.39 is 0 Å². The summed E-state index contributed by atoms with van der Waals surface area (Å²) in [6, 6.07) is 1.44. The van der Waals surface area contributed by atoms with Crippen molar-refractivity contribution in [3.63, 3.8) is 0 Å². The first-order valence-corrected chi connectivity index (χ1v) is 3.82. The summed E-state index contributed by atoms with van der Waals surface area (Å²) in [7, 11) is 0. The lowest BCUT2D eigenvalue weighted by Crippen LogP contribution is -2.07. The van der Waals surface area contributed by atoms with Crippen molar-refractivity contribution in [3.05, 3.63) is 28.4 Å². The van der Waals surface area contributed by atoms with Crippen molar-refractivity contribution in [2.24, 2.45) is 5.92 Å². The van der Waals surface area contributed by atoms with Gasteiger partial charge in [0.05, 0.1) is 0 Å². The van der Waals surface area contributed by atoms with Gasteiger partial charge in [-0.15, -0.1) is 0 Å². The van der Waals surface area contributed by atoms with Crippen LogP contribution in [0.5, 0.6) is 0 Å². The van der Waals surface area contributed by atoms with Crippen molar-refractivity contribution in [3.8, 4) is 0 Å². The predicted molar refractivity (Wildman–Crippen MR) is 41.4 cm³/mol. The molecule has 0 saturated heterocycles. The first-order valence-electron chi connectivity index (χ1n) is 3.82. The number of nitrogens with one attached hydrogen (secondary N) is 1. The molecule has 0 bridgehead atoms. The van der Waals surface area contributed by atoms with Crippen LogP contribution in [0.3, 0.4) is 0 Å². The van der Waals surface area contributed by atoms with Crippen molar-refractivity contribution in [1.29, 1.82) is 0 Å². The Morgan fingerprint density at radius 1 is 1.73 bits per heavy atom. The van der Waals surface area contributed by atoms with Crippen LogP contribution in [-0.2, 0) is 0 Å². The van der Waals surface area contributed by atoms with Crippen molar-refractivity contribution in [1.82, 2.24) is 9.97 Å². The first kappa shape index (κ1) is 6.58. The van der Waals surface area contributed by atoms with Crippen LogP contribution in [0.25, 0.3) is 0 Å². The van der Waals surface area contributed by atoms with Gasteiger partial charge in [-0.3, -0.25) is 4.79 Å². The highest BCUT2D eigenvalue weighted by Gasteiger charge is 2.35. The van der Waals surface area contributed by atoms with Gasteiger partial charge in [0.2, 0.25) is 0 Å². The molecule has 2 atom stereocenters. The number of hydrogen-bond acceptors (Lipinski definition) is 2. The molecule has 1 saturated carbocycles. The highest BCUT2D eigenvalue weighted by atomic mass is 16.1. The molecule has 0 radical (unpaired) electrons. The lowest BCUT2D eigenvalue weighted by molar-refractivity contribution is 0.833. The van der Waals surface area contributed by atoms with E-state index >= 15 is 0 Å². The van der Waals surface area contributed by atoms with Gasteiger partial charge in [0.25, 0.3) is 5.56 Å². The van der Waals surface area contributed by atoms with Crippen molar-refractivity contribution >= 4 is 0 Å². The Morgan fingerprint density at radius 3 is 3.00 bits per heavy atom. The minimum atomic E-state index is -0.0471. The molecule has 1 N–H and O–H groups in total. The minimum absolute atomic E-state index is 0.0471. The zero-order valence-corrected chi connectivity index (χ0v) is 6.37. The summed E-state index contributed by atoms with van der Waals surface area (Å²) < 4.78 is 0. The Hall–Kier alpha value is -1.12. The van der Waals surface area contributed by atoms with Gasteiger partial charge >= 0.3 is 0 Å². The molecular weight excluding hydrogens is 140 g/mol. The summed E-state index contributed by atoms with van der Waals surface area (Å²) in [5.41, 5.74) is -0.0471. The molecule has 3 nitrogen and oxygen atoms in total. The fraction of sp³-hybridized carbons (Fsp3) is 0.500. The fourth-order valence-electron chi connectivity index (χ4n) is 1.28. The first-order chi connectivity index (χ1) is 5.27. The summed E-state index contributed by atoms with van der Waals surface area (Å²) in [6.45, 7) is 2.16. The maximum absolute atomic E-state index is 10.8. The lowest BCUT2D eigenvalue weighted by Gasteiger charge is -1.93. The van der Waals surface area contributed by atoms with Crippen LogP contribution in [0.15, 0.2) is 17.1 Å². The molecule has 1 aromatic heterocycles. The average Bonchev–Trinajstić information content (AvgIpc) is 2.67. The van der Waals surface area contributed by atoms with Gasteiger partial charge in [-0.1, -0.05) is 6.92 Å². The smallest absolute Gasteiger partial charge is 0.250 e. The Balaban J connectivity index is 2.32. The Labute approximate surface area is 64.5 Å². The van der Waals surface area contributed by atoms with Gasteiger partial charge in [0.1, 0.15) is 5.82 Å². The van der Waals surface area contributed by atoms with Crippen LogP contribution >= 0.6 is 0 Å². The molecule has 1 fully saturated rings. The van der Waals surface area contributed by atoms with E-state index in [0.717, 1.165) is 12.2 Å². The van der Waals surface area contributed by atoms with Crippen molar-refractivity contribution in [2.75, 3.05) is 0 Å². The molecule has 1 aliphatic rings.